The monoisotopic (exact) mass is 274 g/mol. The van der Waals surface area contributed by atoms with Crippen LogP contribution in [0.3, 0.4) is 0 Å². The number of nitrogens with one attached hydrogen (secondary N) is 2. The van der Waals surface area contributed by atoms with E-state index >= 15 is 0 Å². The molecule has 1 fully saturated rings. The Balaban J connectivity index is 1.52. The maximum Gasteiger partial charge on any atom is 0.262 e. The molecule has 1 aliphatic heterocycles. The summed E-state index contributed by atoms with van der Waals surface area (Å²) in [6.07, 6.45) is 6.90. The number of carbonyl (C=O) groups excluding carboxylic acids is 1. The van der Waals surface area contributed by atoms with Crippen LogP contribution in [0.15, 0.2) is 18.2 Å². The molecule has 1 aromatic carbocycles. The van der Waals surface area contributed by atoms with Crippen LogP contribution in [0.5, 0.6) is 5.75 Å². The minimum atomic E-state index is -0.0789. The van der Waals surface area contributed by atoms with E-state index in [1.165, 1.54) is 37.7 Å². The normalized spacial score (nSPS) is 19.1. The van der Waals surface area contributed by atoms with Gasteiger partial charge in [-0.3, -0.25) is 4.79 Å². The van der Waals surface area contributed by atoms with E-state index in [-0.39, 0.29) is 12.5 Å². The van der Waals surface area contributed by atoms with Gasteiger partial charge in [0.1, 0.15) is 5.75 Å². The van der Waals surface area contributed by atoms with E-state index in [0.717, 1.165) is 30.4 Å². The van der Waals surface area contributed by atoms with Crippen molar-refractivity contribution in [1.82, 2.24) is 5.32 Å². The Morgan fingerprint density at radius 2 is 2.10 bits per heavy atom. The van der Waals surface area contributed by atoms with Crippen LogP contribution in [0.1, 0.15) is 37.7 Å². The number of amides is 1. The highest BCUT2D eigenvalue weighted by Crippen LogP contribution is 2.28. The number of rotatable bonds is 4. The lowest BCUT2D eigenvalue weighted by atomic mass is 9.89. The summed E-state index contributed by atoms with van der Waals surface area (Å²) in [5.74, 6) is 1.52. The molecule has 2 N–H and O–H groups in total. The molecule has 108 valence electrons. The van der Waals surface area contributed by atoms with E-state index in [9.17, 15) is 4.79 Å². The second kappa shape index (κ2) is 6.27. The molecule has 0 saturated heterocycles. The molecule has 1 saturated carbocycles. The van der Waals surface area contributed by atoms with Gasteiger partial charge in [-0.2, -0.15) is 0 Å². The van der Waals surface area contributed by atoms with E-state index in [2.05, 4.69) is 16.7 Å². The van der Waals surface area contributed by atoms with Crippen molar-refractivity contribution in [2.75, 3.05) is 18.5 Å². The molecule has 3 rings (SSSR count). The smallest absolute Gasteiger partial charge is 0.262 e. The molecule has 1 heterocycles. The lowest BCUT2D eigenvalue weighted by molar-refractivity contribution is -0.118. The van der Waals surface area contributed by atoms with Gasteiger partial charge in [-0.25, -0.2) is 0 Å². The molecule has 0 spiro atoms. The van der Waals surface area contributed by atoms with Crippen molar-refractivity contribution in [1.29, 1.82) is 0 Å². The second-order valence-corrected chi connectivity index (χ2v) is 5.80. The SMILES string of the molecule is O=C1COc2ccc(CNCC3CCCCC3)cc2N1. The van der Waals surface area contributed by atoms with Crippen LogP contribution in [0.2, 0.25) is 0 Å². The highest BCUT2D eigenvalue weighted by Gasteiger charge is 2.16. The number of hydrogen-bond donors (Lipinski definition) is 2. The van der Waals surface area contributed by atoms with Crippen molar-refractivity contribution in [3.63, 3.8) is 0 Å². The third kappa shape index (κ3) is 3.31. The molecule has 4 nitrogen and oxygen atoms in total. The van der Waals surface area contributed by atoms with Crippen LogP contribution >= 0.6 is 0 Å². The fourth-order valence-electron chi connectivity index (χ4n) is 3.05. The van der Waals surface area contributed by atoms with Gasteiger partial charge in [0.05, 0.1) is 5.69 Å². The van der Waals surface area contributed by atoms with Crippen molar-refractivity contribution in [3.05, 3.63) is 23.8 Å². The highest BCUT2D eigenvalue weighted by atomic mass is 16.5. The number of benzene rings is 1. The van der Waals surface area contributed by atoms with Crippen LogP contribution in [-0.4, -0.2) is 19.1 Å². The molecule has 1 amide bonds. The summed E-state index contributed by atoms with van der Waals surface area (Å²) in [7, 11) is 0. The number of fused-ring (bicyclic) bond motifs is 1. The standard InChI is InChI=1S/C16H22N2O2/c19-16-11-20-15-7-6-13(8-14(15)18-16)10-17-9-12-4-2-1-3-5-12/h6-8,12,17H,1-5,9-11H2,(H,18,19). The molecule has 1 aliphatic carbocycles. The Morgan fingerprint density at radius 3 is 2.95 bits per heavy atom. The van der Waals surface area contributed by atoms with Crippen LogP contribution in [-0.2, 0) is 11.3 Å². The molecule has 1 aromatic rings. The van der Waals surface area contributed by atoms with Crippen LogP contribution in [0.25, 0.3) is 0 Å². The van der Waals surface area contributed by atoms with Crippen molar-refractivity contribution < 1.29 is 9.53 Å². The maximum atomic E-state index is 11.3. The average molecular weight is 274 g/mol. The zero-order chi connectivity index (χ0) is 13.8. The van der Waals surface area contributed by atoms with Gasteiger partial charge in [0.25, 0.3) is 5.91 Å². The van der Waals surface area contributed by atoms with Gasteiger partial charge >= 0.3 is 0 Å². The molecule has 0 unspecified atom stereocenters. The van der Waals surface area contributed by atoms with E-state index < -0.39 is 0 Å². The summed E-state index contributed by atoms with van der Waals surface area (Å²) >= 11 is 0. The van der Waals surface area contributed by atoms with E-state index in [4.69, 9.17) is 4.74 Å². The van der Waals surface area contributed by atoms with Crippen LogP contribution < -0.4 is 15.4 Å². The Labute approximate surface area is 119 Å². The maximum absolute atomic E-state index is 11.3. The summed E-state index contributed by atoms with van der Waals surface area (Å²) < 4.78 is 5.36. The zero-order valence-corrected chi connectivity index (χ0v) is 11.8. The molecule has 20 heavy (non-hydrogen) atoms. The summed E-state index contributed by atoms with van der Waals surface area (Å²) in [5, 5.41) is 6.38. The number of hydrogen-bond acceptors (Lipinski definition) is 3. The lowest BCUT2D eigenvalue weighted by Gasteiger charge is -2.22. The van der Waals surface area contributed by atoms with E-state index in [1.807, 2.05) is 12.1 Å². The topological polar surface area (TPSA) is 50.4 Å². The molecular weight excluding hydrogens is 252 g/mol. The van der Waals surface area contributed by atoms with Gasteiger partial charge in [-0.1, -0.05) is 25.3 Å². The predicted molar refractivity (Wildman–Crippen MR) is 78.8 cm³/mol. The fourth-order valence-corrected chi connectivity index (χ4v) is 3.05. The Bertz CT molecular complexity index is 481. The van der Waals surface area contributed by atoms with Gasteiger partial charge in [-0.15, -0.1) is 0 Å². The first kappa shape index (κ1) is 13.4. The largest absolute Gasteiger partial charge is 0.482 e. The summed E-state index contributed by atoms with van der Waals surface area (Å²) in [6, 6.07) is 6.00. The van der Waals surface area contributed by atoms with Crippen molar-refractivity contribution in [2.24, 2.45) is 5.92 Å². The molecule has 0 atom stereocenters. The van der Waals surface area contributed by atoms with Gasteiger partial charge in [0, 0.05) is 6.54 Å². The molecular formula is C16H22N2O2. The Hall–Kier alpha value is -1.55. The lowest BCUT2D eigenvalue weighted by Crippen LogP contribution is -2.26. The molecule has 0 radical (unpaired) electrons. The van der Waals surface area contributed by atoms with Gasteiger partial charge < -0.3 is 15.4 Å². The molecule has 2 aliphatic rings. The highest BCUT2D eigenvalue weighted by molar-refractivity contribution is 5.95. The van der Waals surface area contributed by atoms with E-state index in [0.29, 0.717) is 0 Å². The first-order valence-electron chi connectivity index (χ1n) is 7.57. The Kier molecular flexibility index (Phi) is 4.21. The first-order valence-corrected chi connectivity index (χ1v) is 7.57. The number of ether oxygens (including phenoxy) is 1. The summed E-state index contributed by atoms with van der Waals surface area (Å²) in [6.45, 7) is 2.06. The van der Waals surface area contributed by atoms with Crippen molar-refractivity contribution >= 4 is 11.6 Å². The quantitative estimate of drug-likeness (QED) is 0.887. The summed E-state index contributed by atoms with van der Waals surface area (Å²) in [4.78, 5) is 11.3. The van der Waals surface area contributed by atoms with Gasteiger partial charge in [0.2, 0.25) is 0 Å². The second-order valence-electron chi connectivity index (χ2n) is 5.80. The number of carbonyl (C=O) groups is 1. The first-order chi connectivity index (χ1) is 9.81. The van der Waals surface area contributed by atoms with E-state index in [1.54, 1.807) is 0 Å². The zero-order valence-electron chi connectivity index (χ0n) is 11.8. The summed E-state index contributed by atoms with van der Waals surface area (Å²) in [5.41, 5.74) is 1.98. The van der Waals surface area contributed by atoms with Crippen LogP contribution in [0.4, 0.5) is 5.69 Å². The molecule has 4 heteroatoms. The third-order valence-electron chi connectivity index (χ3n) is 4.16. The fraction of sp³-hybridized carbons (Fsp3) is 0.562. The number of anilines is 1. The molecule has 0 bridgehead atoms. The third-order valence-corrected chi connectivity index (χ3v) is 4.16. The van der Waals surface area contributed by atoms with Gasteiger partial charge in [0.15, 0.2) is 6.61 Å². The van der Waals surface area contributed by atoms with Crippen LogP contribution in [0, 0.1) is 5.92 Å². The van der Waals surface area contributed by atoms with Crippen molar-refractivity contribution in [2.45, 2.75) is 38.6 Å². The minimum Gasteiger partial charge on any atom is -0.482 e. The van der Waals surface area contributed by atoms with Crippen molar-refractivity contribution in [3.8, 4) is 5.75 Å². The minimum absolute atomic E-state index is 0.0789. The predicted octanol–water partition coefficient (Wildman–Crippen LogP) is 2.69. The molecule has 0 aromatic heterocycles. The van der Waals surface area contributed by atoms with Gasteiger partial charge in [-0.05, 0) is 43.0 Å². The average Bonchev–Trinajstić information content (AvgIpc) is 2.48. The Morgan fingerprint density at radius 1 is 1.25 bits per heavy atom.